The highest BCUT2D eigenvalue weighted by Crippen LogP contribution is 2.33. The van der Waals surface area contributed by atoms with E-state index in [0.717, 1.165) is 9.91 Å². The topological polar surface area (TPSA) is 124 Å². The molecule has 0 radical (unpaired) electrons. The van der Waals surface area contributed by atoms with Crippen molar-refractivity contribution in [3.63, 3.8) is 0 Å². The number of hydrogen-bond acceptors (Lipinski definition) is 8. The highest BCUT2D eigenvalue weighted by Gasteiger charge is 2.45. The van der Waals surface area contributed by atoms with Gasteiger partial charge in [0.25, 0.3) is 5.69 Å². The Bertz CT molecular complexity index is 735. The number of hydrogen-bond donors (Lipinski definition) is 0. The lowest BCUT2D eigenvalue weighted by Gasteiger charge is -2.27. The molecule has 0 aromatic heterocycles. The number of nitro benzene ring substituents is 1. The summed E-state index contributed by atoms with van der Waals surface area (Å²) in [6.45, 7) is 5.35. The number of ether oxygens (including phenoxy) is 3. The normalized spacial score (nSPS) is 16.0. The van der Waals surface area contributed by atoms with Crippen LogP contribution in [0.4, 0.5) is 15.3 Å². The lowest BCUT2D eigenvalue weighted by Crippen LogP contribution is -2.42. The van der Waals surface area contributed by atoms with Crippen molar-refractivity contribution in [2.75, 3.05) is 19.8 Å². The van der Waals surface area contributed by atoms with Crippen LogP contribution in [-0.4, -0.2) is 52.9 Å². The third kappa shape index (κ3) is 4.25. The van der Waals surface area contributed by atoms with E-state index in [1.54, 1.807) is 20.8 Å². The number of amidine groups is 1. The van der Waals surface area contributed by atoms with Crippen molar-refractivity contribution in [3.05, 3.63) is 39.9 Å². The quantitative estimate of drug-likeness (QED) is 0.568. The largest absolute Gasteiger partial charge is 0.464 e. The second-order valence-corrected chi connectivity index (χ2v) is 5.15. The minimum absolute atomic E-state index is 0.0983. The molecule has 0 N–H and O–H groups in total. The van der Waals surface area contributed by atoms with Crippen LogP contribution in [0.5, 0.6) is 0 Å². The van der Waals surface area contributed by atoms with E-state index in [4.69, 9.17) is 14.2 Å². The lowest BCUT2D eigenvalue weighted by molar-refractivity contribution is -0.384. The Hall–Kier alpha value is -3.37. The number of non-ortho nitro benzene ring substituents is 1. The maximum absolute atomic E-state index is 12.5. The van der Waals surface area contributed by atoms with Crippen LogP contribution >= 0.6 is 0 Å². The van der Waals surface area contributed by atoms with Gasteiger partial charge in [0, 0.05) is 12.1 Å². The SMILES string of the molecule is CCOC(=O)N1N=C(OCC)N(C(=O)OCC)C1c1ccc([N+](=O)[O-])cc1. The number of amides is 2. The Morgan fingerprint density at radius 1 is 1.07 bits per heavy atom. The average molecular weight is 380 g/mol. The summed E-state index contributed by atoms with van der Waals surface area (Å²) < 4.78 is 15.4. The van der Waals surface area contributed by atoms with Crippen molar-refractivity contribution in [1.29, 1.82) is 0 Å². The van der Waals surface area contributed by atoms with E-state index in [9.17, 15) is 19.7 Å². The molecule has 1 aliphatic heterocycles. The van der Waals surface area contributed by atoms with E-state index in [0.29, 0.717) is 5.56 Å². The Morgan fingerprint density at radius 2 is 1.67 bits per heavy atom. The molecule has 0 spiro atoms. The van der Waals surface area contributed by atoms with Crippen LogP contribution in [0.25, 0.3) is 0 Å². The monoisotopic (exact) mass is 380 g/mol. The first-order valence-corrected chi connectivity index (χ1v) is 8.32. The highest BCUT2D eigenvalue weighted by atomic mass is 16.6. The van der Waals surface area contributed by atoms with Crippen molar-refractivity contribution in [2.45, 2.75) is 26.9 Å². The molecule has 1 heterocycles. The first-order valence-electron chi connectivity index (χ1n) is 8.32. The van der Waals surface area contributed by atoms with Crippen LogP contribution in [0.15, 0.2) is 29.4 Å². The van der Waals surface area contributed by atoms with Crippen molar-refractivity contribution < 1.29 is 28.7 Å². The number of carbonyl (C=O) groups excluding carboxylic acids is 2. The molecule has 27 heavy (non-hydrogen) atoms. The molecule has 0 saturated carbocycles. The number of benzene rings is 1. The Labute approximate surface area is 155 Å². The molecule has 1 atom stereocenters. The molecule has 2 amide bonds. The molecule has 11 heteroatoms. The van der Waals surface area contributed by atoms with Gasteiger partial charge in [-0.05, 0) is 38.5 Å². The summed E-state index contributed by atoms with van der Waals surface area (Å²) in [5, 5.41) is 15.9. The van der Waals surface area contributed by atoms with Crippen molar-refractivity contribution in [3.8, 4) is 0 Å². The zero-order valence-electron chi connectivity index (χ0n) is 15.2. The molecule has 0 bridgehead atoms. The summed E-state index contributed by atoms with van der Waals surface area (Å²) >= 11 is 0. The first kappa shape index (κ1) is 19.9. The van der Waals surface area contributed by atoms with E-state index in [1.165, 1.54) is 24.3 Å². The smallest absolute Gasteiger partial charge is 0.432 e. The van der Waals surface area contributed by atoms with Crippen LogP contribution in [-0.2, 0) is 14.2 Å². The highest BCUT2D eigenvalue weighted by molar-refractivity contribution is 5.94. The number of nitrogens with zero attached hydrogens (tertiary/aromatic N) is 4. The van der Waals surface area contributed by atoms with E-state index in [1.807, 2.05) is 0 Å². The zero-order valence-corrected chi connectivity index (χ0v) is 15.2. The second kappa shape index (κ2) is 8.83. The number of rotatable bonds is 5. The fourth-order valence-corrected chi connectivity index (χ4v) is 2.40. The van der Waals surface area contributed by atoms with Gasteiger partial charge in [0.1, 0.15) is 0 Å². The standard InChI is InChI=1S/C16H20N4O7/c1-4-25-14-17-19(16(22)27-6-3)13(18(14)15(21)26-5-2)11-7-9-12(10-8-11)20(23)24/h7-10,13H,4-6H2,1-3H3. The molecule has 0 saturated heterocycles. The summed E-state index contributed by atoms with van der Waals surface area (Å²) in [7, 11) is 0. The van der Waals surface area contributed by atoms with Crippen LogP contribution in [0.3, 0.4) is 0 Å². The van der Waals surface area contributed by atoms with Crippen molar-refractivity contribution in [2.24, 2.45) is 5.10 Å². The van der Waals surface area contributed by atoms with E-state index >= 15 is 0 Å². The van der Waals surface area contributed by atoms with Gasteiger partial charge in [-0.15, -0.1) is 5.10 Å². The van der Waals surface area contributed by atoms with Gasteiger partial charge in [-0.25, -0.2) is 14.5 Å². The predicted octanol–water partition coefficient (Wildman–Crippen LogP) is 2.83. The molecule has 0 fully saturated rings. The predicted molar refractivity (Wildman–Crippen MR) is 92.6 cm³/mol. The molecule has 11 nitrogen and oxygen atoms in total. The minimum atomic E-state index is -1.06. The summed E-state index contributed by atoms with van der Waals surface area (Å²) in [5.41, 5.74) is 0.258. The van der Waals surface area contributed by atoms with Crippen molar-refractivity contribution >= 4 is 23.9 Å². The third-order valence-electron chi connectivity index (χ3n) is 3.47. The number of hydrazone groups is 1. The number of carbonyl (C=O) groups is 2. The van der Waals surface area contributed by atoms with E-state index in [2.05, 4.69) is 5.10 Å². The maximum Gasteiger partial charge on any atom is 0.432 e. The lowest BCUT2D eigenvalue weighted by atomic mass is 10.1. The fourth-order valence-electron chi connectivity index (χ4n) is 2.40. The van der Waals surface area contributed by atoms with Gasteiger partial charge in [-0.1, -0.05) is 0 Å². The van der Waals surface area contributed by atoms with Gasteiger partial charge in [0.2, 0.25) is 0 Å². The summed E-state index contributed by atoms with van der Waals surface area (Å²) in [6.07, 6.45) is -2.64. The molecule has 0 aliphatic carbocycles. The number of nitro groups is 1. The second-order valence-electron chi connectivity index (χ2n) is 5.15. The van der Waals surface area contributed by atoms with Crippen LogP contribution in [0.1, 0.15) is 32.5 Å². The van der Waals surface area contributed by atoms with E-state index < -0.39 is 23.3 Å². The molecule has 146 valence electrons. The van der Waals surface area contributed by atoms with Gasteiger partial charge in [0.05, 0.1) is 24.7 Å². The van der Waals surface area contributed by atoms with Gasteiger partial charge in [-0.2, -0.15) is 5.01 Å². The average Bonchev–Trinajstić information content (AvgIpc) is 3.02. The van der Waals surface area contributed by atoms with Crippen LogP contribution < -0.4 is 0 Å². The molecular weight excluding hydrogens is 360 g/mol. The Kier molecular flexibility index (Phi) is 6.52. The molecule has 1 aliphatic rings. The van der Waals surface area contributed by atoms with Crippen LogP contribution in [0.2, 0.25) is 0 Å². The zero-order chi connectivity index (χ0) is 20.0. The molecule has 1 unspecified atom stereocenters. The van der Waals surface area contributed by atoms with Crippen LogP contribution in [0, 0.1) is 10.1 Å². The fraction of sp³-hybridized carbons (Fsp3) is 0.438. The van der Waals surface area contributed by atoms with Gasteiger partial charge >= 0.3 is 18.2 Å². The summed E-state index contributed by atoms with van der Waals surface area (Å²) in [6, 6.07) is 5.24. The maximum atomic E-state index is 12.5. The summed E-state index contributed by atoms with van der Waals surface area (Å²) in [4.78, 5) is 36.2. The molecule has 2 rings (SSSR count). The molecule has 1 aromatic rings. The minimum Gasteiger partial charge on any atom is -0.464 e. The molecular formula is C16H20N4O7. The summed E-state index contributed by atoms with van der Waals surface area (Å²) in [5.74, 6) is 0. The van der Waals surface area contributed by atoms with E-state index in [-0.39, 0.29) is 31.5 Å². The molecule has 1 aromatic carbocycles. The van der Waals surface area contributed by atoms with Gasteiger partial charge < -0.3 is 14.2 Å². The van der Waals surface area contributed by atoms with Crippen molar-refractivity contribution in [1.82, 2.24) is 9.91 Å². The first-order chi connectivity index (χ1) is 12.9. The Balaban J connectivity index is 2.48. The van der Waals surface area contributed by atoms with Gasteiger partial charge in [0.15, 0.2) is 6.17 Å². The third-order valence-corrected chi connectivity index (χ3v) is 3.47. The Morgan fingerprint density at radius 3 is 2.19 bits per heavy atom. The van der Waals surface area contributed by atoms with Gasteiger partial charge in [-0.3, -0.25) is 10.1 Å².